The fraction of sp³-hybridized carbons (Fsp3) is 0.200. The number of rotatable bonds is 6. The van der Waals surface area contributed by atoms with E-state index in [1.165, 1.54) is 6.07 Å². The number of carbonyl (C=O) groups excluding carboxylic acids is 1. The predicted molar refractivity (Wildman–Crippen MR) is 96.3 cm³/mol. The Bertz CT molecular complexity index is 904. The van der Waals surface area contributed by atoms with E-state index < -0.39 is 0 Å². The fourth-order valence-electron chi connectivity index (χ4n) is 2.58. The van der Waals surface area contributed by atoms with Gasteiger partial charge >= 0.3 is 0 Å². The molecular formula is C20H20FN3O2. The molecular weight excluding hydrogens is 333 g/mol. The molecule has 6 heteroatoms. The maximum atomic E-state index is 13.6. The van der Waals surface area contributed by atoms with Crippen molar-refractivity contribution in [2.75, 3.05) is 0 Å². The number of benzene rings is 2. The Labute approximate surface area is 151 Å². The summed E-state index contributed by atoms with van der Waals surface area (Å²) in [7, 11) is 1.74. The van der Waals surface area contributed by atoms with Gasteiger partial charge in [0.2, 0.25) is 0 Å². The smallest absolute Gasteiger partial charge is 0.269 e. The molecule has 1 amide bonds. The summed E-state index contributed by atoms with van der Waals surface area (Å²) < 4.78 is 20.7. The molecule has 3 rings (SSSR count). The molecule has 1 heterocycles. The van der Waals surface area contributed by atoms with Gasteiger partial charge in [0.1, 0.15) is 23.9 Å². The normalized spacial score (nSPS) is 10.6. The van der Waals surface area contributed by atoms with Crippen LogP contribution in [0.3, 0.4) is 0 Å². The van der Waals surface area contributed by atoms with Crippen LogP contribution in [0.25, 0.3) is 0 Å². The maximum absolute atomic E-state index is 13.6. The monoisotopic (exact) mass is 353 g/mol. The van der Waals surface area contributed by atoms with Gasteiger partial charge in [-0.3, -0.25) is 9.48 Å². The van der Waals surface area contributed by atoms with E-state index in [9.17, 15) is 9.18 Å². The molecule has 134 valence electrons. The van der Waals surface area contributed by atoms with Gasteiger partial charge in [-0.2, -0.15) is 5.10 Å². The van der Waals surface area contributed by atoms with Crippen molar-refractivity contribution < 1.29 is 13.9 Å². The SMILES string of the molecule is Cc1cc(C(=O)NCc2ccc(OCc3ccccc3F)cc2)n(C)n1. The van der Waals surface area contributed by atoms with Crippen LogP contribution < -0.4 is 10.1 Å². The van der Waals surface area contributed by atoms with E-state index in [0.717, 1.165) is 11.3 Å². The number of hydrogen-bond donors (Lipinski definition) is 1. The van der Waals surface area contributed by atoms with Crippen molar-refractivity contribution in [3.05, 3.63) is 82.9 Å². The molecule has 1 N–H and O–H groups in total. The predicted octanol–water partition coefficient (Wildman–Crippen LogP) is 3.38. The first-order valence-corrected chi connectivity index (χ1v) is 8.27. The van der Waals surface area contributed by atoms with E-state index in [1.54, 1.807) is 48.1 Å². The van der Waals surface area contributed by atoms with Crippen LogP contribution in [-0.4, -0.2) is 15.7 Å². The van der Waals surface area contributed by atoms with Crippen LogP contribution in [0.15, 0.2) is 54.6 Å². The third-order valence-corrected chi connectivity index (χ3v) is 3.96. The lowest BCUT2D eigenvalue weighted by Crippen LogP contribution is -2.25. The third-order valence-electron chi connectivity index (χ3n) is 3.96. The second kappa shape index (κ2) is 7.82. The zero-order valence-corrected chi connectivity index (χ0v) is 14.7. The number of aromatic nitrogens is 2. The Hall–Kier alpha value is -3.15. The van der Waals surface area contributed by atoms with Crippen molar-refractivity contribution in [3.8, 4) is 5.75 Å². The van der Waals surface area contributed by atoms with Crippen LogP contribution in [0.1, 0.15) is 27.3 Å². The highest BCUT2D eigenvalue weighted by molar-refractivity contribution is 5.92. The van der Waals surface area contributed by atoms with E-state index in [4.69, 9.17) is 4.74 Å². The number of aryl methyl sites for hydroxylation is 2. The lowest BCUT2D eigenvalue weighted by atomic mass is 10.2. The Morgan fingerprint density at radius 1 is 1.19 bits per heavy atom. The van der Waals surface area contributed by atoms with E-state index in [0.29, 0.717) is 23.6 Å². The van der Waals surface area contributed by atoms with E-state index in [-0.39, 0.29) is 18.3 Å². The number of nitrogens with one attached hydrogen (secondary N) is 1. The van der Waals surface area contributed by atoms with Crippen molar-refractivity contribution in [3.63, 3.8) is 0 Å². The van der Waals surface area contributed by atoms with Crippen LogP contribution in [0.2, 0.25) is 0 Å². The fourth-order valence-corrected chi connectivity index (χ4v) is 2.58. The van der Waals surface area contributed by atoms with Gasteiger partial charge in [-0.05, 0) is 36.8 Å². The molecule has 3 aromatic rings. The first-order chi connectivity index (χ1) is 12.5. The molecule has 0 saturated heterocycles. The highest BCUT2D eigenvalue weighted by Gasteiger charge is 2.11. The van der Waals surface area contributed by atoms with Crippen LogP contribution in [0, 0.1) is 12.7 Å². The average Bonchev–Trinajstić information content (AvgIpc) is 2.98. The quantitative estimate of drug-likeness (QED) is 0.739. The zero-order chi connectivity index (χ0) is 18.5. The number of carbonyl (C=O) groups is 1. The van der Waals surface area contributed by atoms with Gasteiger partial charge in [-0.25, -0.2) is 4.39 Å². The second-order valence-corrected chi connectivity index (χ2v) is 6.00. The second-order valence-electron chi connectivity index (χ2n) is 6.00. The molecule has 0 aliphatic rings. The molecule has 1 aromatic heterocycles. The lowest BCUT2D eigenvalue weighted by molar-refractivity contribution is 0.0941. The standard InChI is InChI=1S/C20H20FN3O2/c1-14-11-19(24(2)23-14)20(25)22-12-15-7-9-17(10-8-15)26-13-16-5-3-4-6-18(16)21/h3-11H,12-13H2,1-2H3,(H,22,25). The first kappa shape index (κ1) is 17.7. The van der Waals surface area contributed by atoms with Crippen molar-refractivity contribution in [2.45, 2.75) is 20.1 Å². The summed E-state index contributed by atoms with van der Waals surface area (Å²) in [5, 5.41) is 7.03. The zero-order valence-electron chi connectivity index (χ0n) is 14.7. The van der Waals surface area contributed by atoms with Gasteiger partial charge in [0.15, 0.2) is 0 Å². The molecule has 0 bridgehead atoms. The summed E-state index contributed by atoms with van der Waals surface area (Å²) in [5.74, 6) is 0.191. The number of ether oxygens (including phenoxy) is 1. The topological polar surface area (TPSA) is 56.1 Å². The molecule has 0 aliphatic carbocycles. The summed E-state index contributed by atoms with van der Waals surface area (Å²) in [6, 6.07) is 15.6. The van der Waals surface area contributed by atoms with Gasteiger partial charge in [-0.1, -0.05) is 30.3 Å². The molecule has 0 radical (unpaired) electrons. The van der Waals surface area contributed by atoms with Crippen molar-refractivity contribution in [2.24, 2.45) is 7.05 Å². The van der Waals surface area contributed by atoms with Crippen LogP contribution >= 0.6 is 0 Å². The number of halogens is 1. The number of amides is 1. The molecule has 26 heavy (non-hydrogen) atoms. The largest absolute Gasteiger partial charge is 0.489 e. The Balaban J connectivity index is 1.54. The summed E-state index contributed by atoms with van der Waals surface area (Å²) in [6.07, 6.45) is 0. The minimum Gasteiger partial charge on any atom is -0.489 e. The van der Waals surface area contributed by atoms with Gasteiger partial charge in [0, 0.05) is 19.2 Å². The van der Waals surface area contributed by atoms with Gasteiger partial charge < -0.3 is 10.1 Å². The summed E-state index contributed by atoms with van der Waals surface area (Å²) in [4.78, 5) is 12.2. The molecule has 0 saturated carbocycles. The minimum absolute atomic E-state index is 0.169. The summed E-state index contributed by atoms with van der Waals surface area (Å²) >= 11 is 0. The van der Waals surface area contributed by atoms with Crippen molar-refractivity contribution in [1.29, 1.82) is 0 Å². The lowest BCUT2D eigenvalue weighted by Gasteiger charge is -2.09. The molecule has 0 aliphatic heterocycles. The molecule has 5 nitrogen and oxygen atoms in total. The molecule has 0 atom stereocenters. The maximum Gasteiger partial charge on any atom is 0.269 e. The van der Waals surface area contributed by atoms with Gasteiger partial charge in [0.25, 0.3) is 5.91 Å². The first-order valence-electron chi connectivity index (χ1n) is 8.27. The van der Waals surface area contributed by atoms with E-state index in [2.05, 4.69) is 10.4 Å². The Morgan fingerprint density at radius 3 is 2.58 bits per heavy atom. The van der Waals surface area contributed by atoms with Crippen LogP contribution in [0.5, 0.6) is 5.75 Å². The summed E-state index contributed by atoms with van der Waals surface area (Å²) in [6.45, 7) is 2.41. The van der Waals surface area contributed by atoms with E-state index >= 15 is 0 Å². The molecule has 0 spiro atoms. The van der Waals surface area contributed by atoms with Crippen LogP contribution in [0.4, 0.5) is 4.39 Å². The molecule has 2 aromatic carbocycles. The average molecular weight is 353 g/mol. The minimum atomic E-state index is -0.280. The Morgan fingerprint density at radius 2 is 1.92 bits per heavy atom. The highest BCUT2D eigenvalue weighted by Crippen LogP contribution is 2.15. The van der Waals surface area contributed by atoms with Crippen molar-refractivity contribution >= 4 is 5.91 Å². The highest BCUT2D eigenvalue weighted by atomic mass is 19.1. The van der Waals surface area contributed by atoms with Gasteiger partial charge in [-0.15, -0.1) is 0 Å². The molecule has 0 unspecified atom stereocenters. The van der Waals surface area contributed by atoms with E-state index in [1.807, 2.05) is 19.1 Å². The number of nitrogens with zero attached hydrogens (tertiary/aromatic N) is 2. The van der Waals surface area contributed by atoms with Gasteiger partial charge in [0.05, 0.1) is 5.69 Å². The summed E-state index contributed by atoms with van der Waals surface area (Å²) in [5.41, 5.74) is 2.77. The van der Waals surface area contributed by atoms with Crippen molar-refractivity contribution in [1.82, 2.24) is 15.1 Å². The molecule has 0 fully saturated rings. The third kappa shape index (κ3) is 4.27. The number of hydrogen-bond acceptors (Lipinski definition) is 3. The van der Waals surface area contributed by atoms with Crippen LogP contribution in [-0.2, 0) is 20.2 Å². The Kier molecular flexibility index (Phi) is 5.31.